The number of hydrogen-bond donors (Lipinski definition) is 2. The van der Waals surface area contributed by atoms with E-state index < -0.39 is 47.0 Å². The van der Waals surface area contributed by atoms with E-state index in [9.17, 15) is 18.4 Å². The molecule has 0 heterocycles. The summed E-state index contributed by atoms with van der Waals surface area (Å²) in [4.78, 5) is 23.0. The molecular formula is C14H17F2NO3. The van der Waals surface area contributed by atoms with Crippen molar-refractivity contribution in [3.8, 4) is 0 Å². The molecule has 1 unspecified atom stereocenters. The van der Waals surface area contributed by atoms with Gasteiger partial charge >= 0.3 is 5.97 Å². The van der Waals surface area contributed by atoms with Crippen molar-refractivity contribution in [2.24, 2.45) is 0 Å². The summed E-state index contributed by atoms with van der Waals surface area (Å²) in [5.74, 6) is -3.60. The first kappa shape index (κ1) is 16.2. The number of benzene rings is 1. The molecule has 6 heteroatoms. The van der Waals surface area contributed by atoms with Gasteiger partial charge in [0, 0.05) is 5.54 Å². The molecule has 0 radical (unpaired) electrons. The molecule has 0 bridgehead atoms. The number of nitrogens with one attached hydrogen (secondary N) is 1. The van der Waals surface area contributed by atoms with E-state index in [0.29, 0.717) is 0 Å². The van der Waals surface area contributed by atoms with Crippen molar-refractivity contribution in [1.29, 1.82) is 0 Å². The van der Waals surface area contributed by atoms with Crippen molar-refractivity contribution in [1.82, 2.24) is 5.32 Å². The van der Waals surface area contributed by atoms with Crippen LogP contribution in [0, 0.1) is 11.6 Å². The number of halogens is 2. The molecule has 0 aliphatic carbocycles. The molecule has 1 aromatic rings. The molecule has 20 heavy (non-hydrogen) atoms. The van der Waals surface area contributed by atoms with Crippen LogP contribution in [0.1, 0.15) is 37.6 Å². The van der Waals surface area contributed by atoms with Crippen molar-refractivity contribution >= 4 is 11.8 Å². The highest BCUT2D eigenvalue weighted by Gasteiger charge is 2.28. The number of Topliss-reactive ketones (excluding diaryl/α,β-unsaturated/α-hetero) is 1. The summed E-state index contributed by atoms with van der Waals surface area (Å²) in [5.41, 5.74) is -0.993. The molecular weight excluding hydrogens is 268 g/mol. The summed E-state index contributed by atoms with van der Waals surface area (Å²) in [6.45, 7) is 5.24. The standard InChI is InChI=1S/C14H17F2NO3/c1-14(2,3)17-11(7-12(18)19)13(20)9-6-8(15)4-5-10(9)16/h4-6,11,17H,7H2,1-3H3,(H,18,19). The minimum absolute atomic E-state index is 0.451. The van der Waals surface area contributed by atoms with Crippen LogP contribution in [0.5, 0.6) is 0 Å². The van der Waals surface area contributed by atoms with Crippen LogP contribution in [-0.2, 0) is 4.79 Å². The fourth-order valence-corrected chi connectivity index (χ4v) is 1.78. The Labute approximate surface area is 115 Å². The molecule has 1 atom stereocenters. The minimum atomic E-state index is -1.20. The maximum atomic E-state index is 13.6. The molecule has 0 amide bonds. The van der Waals surface area contributed by atoms with Crippen LogP contribution in [0.2, 0.25) is 0 Å². The van der Waals surface area contributed by atoms with E-state index in [1.54, 1.807) is 20.8 Å². The lowest BCUT2D eigenvalue weighted by Gasteiger charge is -2.27. The average Bonchev–Trinajstić information content (AvgIpc) is 2.28. The second-order valence-corrected chi connectivity index (χ2v) is 5.53. The molecule has 0 spiro atoms. The Morgan fingerprint density at radius 2 is 1.90 bits per heavy atom. The normalized spacial score (nSPS) is 13.1. The monoisotopic (exact) mass is 285 g/mol. The largest absolute Gasteiger partial charge is 0.481 e. The van der Waals surface area contributed by atoms with Crippen molar-refractivity contribution in [2.75, 3.05) is 0 Å². The Bertz CT molecular complexity index is 524. The zero-order valence-corrected chi connectivity index (χ0v) is 11.5. The van der Waals surface area contributed by atoms with E-state index in [0.717, 1.165) is 18.2 Å². The van der Waals surface area contributed by atoms with Gasteiger partial charge < -0.3 is 10.4 Å². The summed E-state index contributed by atoms with van der Waals surface area (Å²) < 4.78 is 26.7. The van der Waals surface area contributed by atoms with E-state index in [4.69, 9.17) is 5.11 Å². The zero-order valence-electron chi connectivity index (χ0n) is 11.5. The Morgan fingerprint density at radius 3 is 2.40 bits per heavy atom. The van der Waals surface area contributed by atoms with E-state index in [-0.39, 0.29) is 0 Å². The first-order chi connectivity index (χ1) is 9.10. The van der Waals surface area contributed by atoms with E-state index in [1.807, 2.05) is 0 Å². The summed E-state index contributed by atoms with van der Waals surface area (Å²) in [6, 6.07) is 1.40. The van der Waals surface area contributed by atoms with Gasteiger partial charge in [-0.05, 0) is 39.0 Å². The van der Waals surface area contributed by atoms with E-state index >= 15 is 0 Å². The Kier molecular flexibility index (Phi) is 4.94. The third kappa shape index (κ3) is 4.70. The Morgan fingerprint density at radius 1 is 1.30 bits per heavy atom. The van der Waals surface area contributed by atoms with Crippen LogP contribution in [0.4, 0.5) is 8.78 Å². The number of rotatable bonds is 5. The molecule has 0 fully saturated rings. The quantitative estimate of drug-likeness (QED) is 0.815. The topological polar surface area (TPSA) is 66.4 Å². The summed E-state index contributed by atoms with van der Waals surface area (Å²) in [6.07, 6.45) is -0.508. The Balaban J connectivity index is 3.09. The third-order valence-electron chi connectivity index (χ3n) is 2.50. The highest BCUT2D eigenvalue weighted by atomic mass is 19.1. The van der Waals surface area contributed by atoms with Crippen molar-refractivity contribution in [2.45, 2.75) is 38.8 Å². The second-order valence-electron chi connectivity index (χ2n) is 5.53. The maximum absolute atomic E-state index is 13.6. The fraction of sp³-hybridized carbons (Fsp3) is 0.429. The summed E-state index contributed by atoms with van der Waals surface area (Å²) >= 11 is 0. The van der Waals surface area contributed by atoms with E-state index in [2.05, 4.69) is 5.32 Å². The number of carboxylic acid groups (broad SMARTS) is 1. The number of carboxylic acids is 1. The van der Waals surface area contributed by atoms with Gasteiger partial charge in [0.1, 0.15) is 11.6 Å². The van der Waals surface area contributed by atoms with Crippen molar-refractivity contribution in [3.63, 3.8) is 0 Å². The molecule has 110 valence electrons. The fourth-order valence-electron chi connectivity index (χ4n) is 1.78. The average molecular weight is 285 g/mol. The minimum Gasteiger partial charge on any atom is -0.481 e. The number of aliphatic carboxylic acids is 1. The third-order valence-corrected chi connectivity index (χ3v) is 2.50. The van der Waals surface area contributed by atoms with Gasteiger partial charge in [0.05, 0.1) is 18.0 Å². The molecule has 4 nitrogen and oxygen atoms in total. The number of carbonyl (C=O) groups is 2. The molecule has 0 aliphatic heterocycles. The van der Waals surface area contributed by atoms with Gasteiger partial charge in [0.25, 0.3) is 0 Å². The highest BCUT2D eigenvalue weighted by molar-refractivity contribution is 6.02. The summed E-state index contributed by atoms with van der Waals surface area (Å²) in [5, 5.41) is 11.7. The van der Waals surface area contributed by atoms with Gasteiger partial charge in [-0.1, -0.05) is 0 Å². The zero-order chi connectivity index (χ0) is 15.5. The lowest BCUT2D eigenvalue weighted by atomic mass is 9.97. The predicted octanol–water partition coefficient (Wildman–Crippen LogP) is 2.38. The van der Waals surface area contributed by atoms with Crippen LogP contribution in [0.25, 0.3) is 0 Å². The first-order valence-corrected chi connectivity index (χ1v) is 6.09. The van der Waals surface area contributed by atoms with Crippen LogP contribution >= 0.6 is 0 Å². The van der Waals surface area contributed by atoms with Gasteiger partial charge in [-0.3, -0.25) is 9.59 Å². The van der Waals surface area contributed by atoms with Gasteiger partial charge in [-0.2, -0.15) is 0 Å². The number of hydrogen-bond acceptors (Lipinski definition) is 3. The maximum Gasteiger partial charge on any atom is 0.305 e. The lowest BCUT2D eigenvalue weighted by molar-refractivity contribution is -0.137. The van der Waals surface area contributed by atoms with Crippen molar-refractivity contribution in [3.05, 3.63) is 35.4 Å². The van der Waals surface area contributed by atoms with Gasteiger partial charge in [0.2, 0.25) is 0 Å². The number of carbonyl (C=O) groups excluding carboxylic acids is 1. The van der Waals surface area contributed by atoms with Crippen molar-refractivity contribution < 1.29 is 23.5 Å². The molecule has 0 aromatic heterocycles. The first-order valence-electron chi connectivity index (χ1n) is 6.09. The van der Waals surface area contributed by atoms with Gasteiger partial charge in [-0.15, -0.1) is 0 Å². The van der Waals surface area contributed by atoms with Gasteiger partial charge in [-0.25, -0.2) is 8.78 Å². The van der Waals surface area contributed by atoms with Crippen LogP contribution in [-0.4, -0.2) is 28.4 Å². The molecule has 1 aromatic carbocycles. The predicted molar refractivity (Wildman–Crippen MR) is 69.6 cm³/mol. The smallest absolute Gasteiger partial charge is 0.305 e. The molecule has 0 saturated heterocycles. The highest BCUT2D eigenvalue weighted by Crippen LogP contribution is 2.15. The van der Waals surface area contributed by atoms with Crippen LogP contribution in [0.15, 0.2) is 18.2 Å². The lowest BCUT2D eigenvalue weighted by Crippen LogP contribution is -2.48. The van der Waals surface area contributed by atoms with Crippen LogP contribution in [0.3, 0.4) is 0 Å². The molecule has 0 saturated carbocycles. The number of ketones is 1. The SMILES string of the molecule is CC(C)(C)NC(CC(=O)O)C(=O)c1cc(F)ccc1F. The van der Waals surface area contributed by atoms with Gasteiger partial charge in [0.15, 0.2) is 5.78 Å². The molecule has 1 rings (SSSR count). The summed E-state index contributed by atoms with van der Waals surface area (Å²) in [7, 11) is 0. The molecule has 0 aliphatic rings. The molecule has 2 N–H and O–H groups in total. The second kappa shape index (κ2) is 6.09. The Hall–Kier alpha value is -1.82. The van der Waals surface area contributed by atoms with Crippen LogP contribution < -0.4 is 5.32 Å². The van der Waals surface area contributed by atoms with E-state index in [1.165, 1.54) is 0 Å².